The zero-order valence-corrected chi connectivity index (χ0v) is 24.4. The Hall–Kier alpha value is -3.96. The number of hydrogen-bond acceptors (Lipinski definition) is 7. The summed E-state index contributed by atoms with van der Waals surface area (Å²) in [5.41, 5.74) is 2.50. The minimum atomic E-state index is -0.452. The highest BCUT2D eigenvalue weighted by atomic mass is 32.2. The fourth-order valence-corrected chi connectivity index (χ4v) is 6.01. The summed E-state index contributed by atoms with van der Waals surface area (Å²) in [6.45, 7) is 6.45. The van der Waals surface area contributed by atoms with Crippen LogP contribution in [-0.4, -0.2) is 35.5 Å². The van der Waals surface area contributed by atoms with E-state index in [2.05, 4.69) is 12.2 Å². The van der Waals surface area contributed by atoms with Gasteiger partial charge in [0.2, 0.25) is 0 Å². The molecule has 5 rings (SSSR count). The van der Waals surface area contributed by atoms with Gasteiger partial charge in [0, 0.05) is 19.8 Å². The second kappa shape index (κ2) is 11.3. The van der Waals surface area contributed by atoms with Gasteiger partial charge in [-0.15, -0.1) is 0 Å². The predicted molar refractivity (Wildman–Crippen MR) is 166 cm³/mol. The van der Waals surface area contributed by atoms with Crippen LogP contribution in [0.15, 0.2) is 63.2 Å². The Morgan fingerprint density at radius 3 is 2.50 bits per heavy atom. The number of carbonyl (C=O) groups excluding carboxylic acids is 1. The summed E-state index contributed by atoms with van der Waals surface area (Å²) in [6.07, 6.45) is 6.24. The molecule has 1 amide bonds. The van der Waals surface area contributed by atoms with E-state index < -0.39 is 5.91 Å². The third-order valence-electron chi connectivity index (χ3n) is 6.97. The number of pyridine rings is 1. The summed E-state index contributed by atoms with van der Waals surface area (Å²) in [5, 5.41) is 3.31. The molecular formula is C29H30N6O3S2. The van der Waals surface area contributed by atoms with E-state index in [1.54, 1.807) is 37.0 Å². The minimum Gasteiger partial charge on any atom is -0.369 e. The van der Waals surface area contributed by atoms with E-state index in [1.165, 1.54) is 14.0 Å². The average Bonchev–Trinajstić information content (AvgIpc) is 3.33. The first kappa shape index (κ1) is 27.6. The van der Waals surface area contributed by atoms with Crippen LogP contribution in [0.5, 0.6) is 0 Å². The predicted octanol–water partition coefficient (Wildman–Crippen LogP) is 4.81. The lowest BCUT2D eigenvalue weighted by molar-refractivity contribution is -0.113. The lowest BCUT2D eigenvalue weighted by Gasteiger charge is -2.13. The van der Waals surface area contributed by atoms with Gasteiger partial charge in [-0.3, -0.25) is 28.4 Å². The van der Waals surface area contributed by atoms with E-state index >= 15 is 0 Å². The standard InChI is InChI=1S/C29H30N6O3S2/c1-5-6-10-15-30-24-21(26(36)33-16-11-12-18(2)25(33)31-24)17-22-27(37)34(29(39)40-22)23-19(3)32(4)35(28(23)38)20-13-8-7-9-14-20/h7-9,11-14,16-17,30H,5-6,10,15H2,1-4H3. The van der Waals surface area contributed by atoms with Crippen LogP contribution in [0.1, 0.15) is 43.0 Å². The smallest absolute Gasteiger partial charge is 0.296 e. The van der Waals surface area contributed by atoms with E-state index in [0.29, 0.717) is 29.4 Å². The van der Waals surface area contributed by atoms with Gasteiger partial charge in [-0.25, -0.2) is 9.67 Å². The third kappa shape index (κ3) is 4.79. The number of aromatic nitrogens is 4. The van der Waals surface area contributed by atoms with Gasteiger partial charge in [0.25, 0.3) is 17.0 Å². The maximum Gasteiger partial charge on any atom is 0.296 e. The first-order chi connectivity index (χ1) is 19.2. The van der Waals surface area contributed by atoms with Gasteiger partial charge in [0.05, 0.1) is 21.8 Å². The molecular weight excluding hydrogens is 544 g/mol. The quantitative estimate of drug-likeness (QED) is 0.183. The molecule has 1 aliphatic heterocycles. The van der Waals surface area contributed by atoms with Gasteiger partial charge in [-0.2, -0.15) is 0 Å². The number of unbranched alkanes of at least 4 members (excludes halogenated alkanes) is 2. The summed E-state index contributed by atoms with van der Waals surface area (Å²) in [5.74, 6) is -0.0327. The average molecular weight is 575 g/mol. The molecule has 0 spiro atoms. The first-order valence-electron chi connectivity index (χ1n) is 13.1. The van der Waals surface area contributed by atoms with Crippen molar-refractivity contribution in [3.8, 4) is 5.69 Å². The number of benzene rings is 1. The lowest BCUT2D eigenvalue weighted by atomic mass is 10.2. The number of amides is 1. The van der Waals surface area contributed by atoms with Crippen LogP contribution in [0.3, 0.4) is 0 Å². The van der Waals surface area contributed by atoms with Crippen molar-refractivity contribution in [3.05, 3.63) is 91.1 Å². The number of nitrogens with one attached hydrogen (secondary N) is 1. The molecule has 11 heteroatoms. The van der Waals surface area contributed by atoms with Gasteiger partial charge >= 0.3 is 0 Å². The summed E-state index contributed by atoms with van der Waals surface area (Å²) >= 11 is 6.66. The molecule has 1 aliphatic rings. The number of nitrogens with zero attached hydrogens (tertiary/aromatic N) is 5. The highest BCUT2D eigenvalue weighted by Gasteiger charge is 2.38. The van der Waals surface area contributed by atoms with Gasteiger partial charge in [-0.05, 0) is 50.1 Å². The monoisotopic (exact) mass is 574 g/mol. The van der Waals surface area contributed by atoms with Crippen molar-refractivity contribution in [3.63, 3.8) is 0 Å². The van der Waals surface area contributed by atoms with Crippen molar-refractivity contribution < 1.29 is 4.79 Å². The Balaban J connectivity index is 1.59. The molecule has 1 saturated heterocycles. The van der Waals surface area contributed by atoms with Crippen LogP contribution in [0.25, 0.3) is 17.4 Å². The molecule has 40 heavy (non-hydrogen) atoms. The molecule has 206 valence electrons. The first-order valence-corrected chi connectivity index (χ1v) is 14.3. The Morgan fingerprint density at radius 1 is 1.02 bits per heavy atom. The zero-order valence-electron chi connectivity index (χ0n) is 22.8. The van der Waals surface area contributed by atoms with E-state index in [0.717, 1.165) is 36.6 Å². The summed E-state index contributed by atoms with van der Waals surface area (Å²) < 4.78 is 4.92. The molecule has 1 N–H and O–H groups in total. The van der Waals surface area contributed by atoms with Crippen molar-refractivity contribution >= 4 is 57.4 Å². The van der Waals surface area contributed by atoms with E-state index in [1.807, 2.05) is 43.3 Å². The number of hydrogen-bond donors (Lipinski definition) is 1. The second-order valence-corrected chi connectivity index (χ2v) is 11.3. The number of anilines is 2. The molecule has 0 atom stereocenters. The summed E-state index contributed by atoms with van der Waals surface area (Å²) in [6, 6.07) is 12.9. The summed E-state index contributed by atoms with van der Waals surface area (Å²) in [7, 11) is 1.76. The van der Waals surface area contributed by atoms with Crippen LogP contribution in [-0.2, 0) is 11.8 Å². The van der Waals surface area contributed by atoms with Gasteiger partial charge < -0.3 is 5.32 Å². The van der Waals surface area contributed by atoms with Gasteiger partial charge in [-0.1, -0.05) is 68.0 Å². The Morgan fingerprint density at radius 2 is 1.77 bits per heavy atom. The normalized spacial score (nSPS) is 14.6. The number of thioether (sulfide) groups is 1. The van der Waals surface area contributed by atoms with Crippen LogP contribution >= 0.6 is 24.0 Å². The fourth-order valence-electron chi connectivity index (χ4n) is 4.76. The highest BCUT2D eigenvalue weighted by Crippen LogP contribution is 2.36. The van der Waals surface area contributed by atoms with Crippen molar-refractivity contribution in [1.82, 2.24) is 18.7 Å². The molecule has 0 unspecified atom stereocenters. The number of fused-ring (bicyclic) bond motifs is 1. The molecule has 1 fully saturated rings. The van der Waals surface area contributed by atoms with Crippen molar-refractivity contribution in [1.29, 1.82) is 0 Å². The third-order valence-corrected chi connectivity index (χ3v) is 8.28. The maximum atomic E-state index is 13.8. The van der Waals surface area contributed by atoms with Crippen LogP contribution < -0.4 is 21.3 Å². The molecule has 1 aromatic carbocycles. The van der Waals surface area contributed by atoms with E-state index in [9.17, 15) is 14.4 Å². The van der Waals surface area contributed by atoms with Gasteiger partial charge in [0.1, 0.15) is 17.2 Å². The lowest BCUT2D eigenvalue weighted by Crippen LogP contribution is -2.33. The number of carbonyl (C=O) groups is 1. The SMILES string of the molecule is CCCCCNc1nc2c(C)cccn2c(=O)c1C=C1SC(=S)N(c2c(C)n(C)n(-c3ccccc3)c2=O)C1=O. The molecule has 9 nitrogen and oxygen atoms in total. The second-order valence-electron chi connectivity index (χ2n) is 9.63. The molecule has 4 aromatic rings. The van der Waals surface area contributed by atoms with Gasteiger partial charge in [0.15, 0.2) is 4.32 Å². The van der Waals surface area contributed by atoms with E-state index in [-0.39, 0.29) is 31.6 Å². The molecule has 0 radical (unpaired) electrons. The number of para-hydroxylation sites is 1. The number of thiocarbonyl (C=S) groups is 1. The molecule has 0 bridgehead atoms. The Bertz CT molecular complexity index is 1790. The number of aryl methyl sites for hydroxylation is 1. The van der Waals surface area contributed by atoms with Crippen LogP contribution in [0, 0.1) is 13.8 Å². The Kier molecular flexibility index (Phi) is 7.77. The van der Waals surface area contributed by atoms with Crippen LogP contribution in [0.2, 0.25) is 0 Å². The largest absolute Gasteiger partial charge is 0.369 e. The highest BCUT2D eigenvalue weighted by molar-refractivity contribution is 8.27. The van der Waals surface area contributed by atoms with Crippen molar-refractivity contribution in [2.75, 3.05) is 16.8 Å². The van der Waals surface area contributed by atoms with Crippen LogP contribution in [0.4, 0.5) is 11.5 Å². The van der Waals surface area contributed by atoms with Crippen molar-refractivity contribution in [2.24, 2.45) is 7.05 Å². The summed E-state index contributed by atoms with van der Waals surface area (Å²) in [4.78, 5) is 47.3. The molecule has 4 heterocycles. The molecule has 0 saturated carbocycles. The molecule has 3 aromatic heterocycles. The zero-order chi connectivity index (χ0) is 28.6. The van der Waals surface area contributed by atoms with E-state index in [4.69, 9.17) is 17.2 Å². The minimum absolute atomic E-state index is 0.194. The molecule has 0 aliphatic carbocycles. The fraction of sp³-hybridized carbons (Fsp3) is 0.276. The maximum absolute atomic E-state index is 13.8. The number of rotatable bonds is 8. The topological polar surface area (TPSA) is 93.6 Å². The van der Waals surface area contributed by atoms with Crippen molar-refractivity contribution in [2.45, 2.75) is 40.0 Å². The Labute approximate surface area is 241 Å².